The first kappa shape index (κ1) is 11.3. The summed E-state index contributed by atoms with van der Waals surface area (Å²) < 4.78 is 38.1. The second kappa shape index (κ2) is 4.00. The van der Waals surface area contributed by atoms with Gasteiger partial charge in [-0.3, -0.25) is 0 Å². The molecule has 88 valence electrons. The molecule has 1 N–H and O–H groups in total. The molecule has 0 amide bonds. The lowest BCUT2D eigenvalue weighted by atomic mass is 10.00. The Labute approximate surface area is 92.7 Å². The summed E-state index contributed by atoms with van der Waals surface area (Å²) >= 11 is 0. The Morgan fingerprint density at radius 2 is 1.94 bits per heavy atom. The van der Waals surface area contributed by atoms with Crippen molar-refractivity contribution in [3.8, 4) is 0 Å². The first-order valence-corrected chi connectivity index (χ1v) is 5.43. The summed E-state index contributed by atoms with van der Waals surface area (Å²) in [6, 6.07) is 2.91. The zero-order valence-electron chi connectivity index (χ0n) is 9.12. The molecule has 0 fully saturated rings. The standard InChI is InChI=1S/C12H14F3N/c1-8-6-9-4-2-3-5-16-11(9)7-10(8)12(13,14)15/h6-7,16H,2-5H2,1H3. The second-order valence-electron chi connectivity index (χ2n) is 4.21. The highest BCUT2D eigenvalue weighted by Crippen LogP contribution is 2.36. The summed E-state index contributed by atoms with van der Waals surface area (Å²) in [5, 5.41) is 3.06. The highest BCUT2D eigenvalue weighted by molar-refractivity contribution is 5.56. The van der Waals surface area contributed by atoms with Crippen molar-refractivity contribution in [1.29, 1.82) is 0 Å². The van der Waals surface area contributed by atoms with E-state index in [9.17, 15) is 13.2 Å². The monoisotopic (exact) mass is 229 g/mol. The quantitative estimate of drug-likeness (QED) is 0.714. The number of alkyl halides is 3. The fourth-order valence-electron chi connectivity index (χ4n) is 2.11. The lowest BCUT2D eigenvalue weighted by Gasteiger charge is -2.15. The summed E-state index contributed by atoms with van der Waals surface area (Å²) in [4.78, 5) is 0. The van der Waals surface area contributed by atoms with Gasteiger partial charge in [-0.15, -0.1) is 0 Å². The van der Waals surface area contributed by atoms with Crippen molar-refractivity contribution in [2.75, 3.05) is 11.9 Å². The van der Waals surface area contributed by atoms with Gasteiger partial charge in [0.25, 0.3) is 0 Å². The molecule has 0 bridgehead atoms. The van der Waals surface area contributed by atoms with Gasteiger partial charge in [0, 0.05) is 12.2 Å². The summed E-state index contributed by atoms with van der Waals surface area (Å²) in [5.41, 5.74) is 1.44. The van der Waals surface area contributed by atoms with Crippen LogP contribution in [0, 0.1) is 6.92 Å². The third kappa shape index (κ3) is 2.15. The molecule has 1 aromatic carbocycles. The summed E-state index contributed by atoms with van der Waals surface area (Å²) in [7, 11) is 0. The molecule has 0 spiro atoms. The fourth-order valence-corrected chi connectivity index (χ4v) is 2.11. The fraction of sp³-hybridized carbons (Fsp3) is 0.500. The largest absolute Gasteiger partial charge is 0.416 e. The molecule has 0 radical (unpaired) electrons. The van der Waals surface area contributed by atoms with Crippen LogP contribution in [0.3, 0.4) is 0 Å². The van der Waals surface area contributed by atoms with E-state index in [0.717, 1.165) is 31.4 Å². The smallest absolute Gasteiger partial charge is 0.385 e. The average Bonchev–Trinajstić information content (AvgIpc) is 2.39. The number of halogens is 3. The van der Waals surface area contributed by atoms with E-state index >= 15 is 0 Å². The van der Waals surface area contributed by atoms with Gasteiger partial charge in [0.05, 0.1) is 5.56 Å². The van der Waals surface area contributed by atoms with Crippen LogP contribution in [0.4, 0.5) is 18.9 Å². The summed E-state index contributed by atoms with van der Waals surface area (Å²) in [5.74, 6) is 0. The van der Waals surface area contributed by atoms with E-state index in [-0.39, 0.29) is 0 Å². The molecule has 0 aliphatic carbocycles. The molecule has 1 aromatic rings. The molecular weight excluding hydrogens is 215 g/mol. The maximum absolute atomic E-state index is 12.7. The van der Waals surface area contributed by atoms with Crippen molar-refractivity contribution >= 4 is 5.69 Å². The van der Waals surface area contributed by atoms with Crippen molar-refractivity contribution in [1.82, 2.24) is 0 Å². The van der Waals surface area contributed by atoms with Crippen molar-refractivity contribution in [3.63, 3.8) is 0 Å². The van der Waals surface area contributed by atoms with E-state index in [2.05, 4.69) is 5.32 Å². The number of hydrogen-bond acceptors (Lipinski definition) is 1. The van der Waals surface area contributed by atoms with Gasteiger partial charge in [0.2, 0.25) is 0 Å². The number of nitrogens with one attached hydrogen (secondary N) is 1. The normalized spacial score (nSPS) is 16.2. The van der Waals surface area contributed by atoms with Crippen LogP contribution >= 0.6 is 0 Å². The number of hydrogen-bond donors (Lipinski definition) is 1. The Hall–Kier alpha value is -1.19. The molecule has 1 aliphatic rings. The van der Waals surface area contributed by atoms with Crippen LogP contribution < -0.4 is 5.32 Å². The number of anilines is 1. The molecule has 0 saturated carbocycles. The van der Waals surface area contributed by atoms with Gasteiger partial charge in [-0.2, -0.15) is 13.2 Å². The van der Waals surface area contributed by atoms with Crippen molar-refractivity contribution in [3.05, 3.63) is 28.8 Å². The summed E-state index contributed by atoms with van der Waals surface area (Å²) in [6.45, 7) is 2.28. The van der Waals surface area contributed by atoms with Gasteiger partial charge in [-0.05, 0) is 43.4 Å². The minimum absolute atomic E-state index is 0.315. The Morgan fingerprint density at radius 3 is 2.62 bits per heavy atom. The number of aryl methyl sites for hydroxylation is 2. The zero-order chi connectivity index (χ0) is 11.8. The third-order valence-corrected chi connectivity index (χ3v) is 2.94. The first-order chi connectivity index (χ1) is 7.48. The van der Waals surface area contributed by atoms with Crippen LogP contribution in [0.25, 0.3) is 0 Å². The molecule has 1 nitrogen and oxygen atoms in total. The van der Waals surface area contributed by atoms with Crippen LogP contribution in [-0.2, 0) is 12.6 Å². The van der Waals surface area contributed by atoms with E-state index in [4.69, 9.17) is 0 Å². The minimum atomic E-state index is -4.26. The van der Waals surface area contributed by atoms with Crippen LogP contribution in [0.1, 0.15) is 29.5 Å². The van der Waals surface area contributed by atoms with Crippen molar-refractivity contribution in [2.45, 2.75) is 32.4 Å². The Kier molecular flexibility index (Phi) is 2.82. The Bertz CT molecular complexity index is 396. The maximum Gasteiger partial charge on any atom is 0.416 e. The molecule has 4 heteroatoms. The lowest BCUT2D eigenvalue weighted by Crippen LogP contribution is -2.10. The highest BCUT2D eigenvalue weighted by atomic mass is 19.4. The van der Waals surface area contributed by atoms with Gasteiger partial charge in [0.1, 0.15) is 0 Å². The molecule has 0 saturated heterocycles. The molecule has 0 unspecified atom stereocenters. The van der Waals surface area contributed by atoms with E-state index in [1.165, 1.54) is 13.0 Å². The van der Waals surface area contributed by atoms with Gasteiger partial charge in [0.15, 0.2) is 0 Å². The minimum Gasteiger partial charge on any atom is -0.385 e. The molecular formula is C12H14F3N. The SMILES string of the molecule is Cc1cc2c(cc1C(F)(F)F)NCCCC2. The molecule has 2 rings (SSSR count). The van der Waals surface area contributed by atoms with Crippen molar-refractivity contribution < 1.29 is 13.2 Å². The topological polar surface area (TPSA) is 12.0 Å². The molecule has 1 heterocycles. The van der Waals surface area contributed by atoms with E-state index < -0.39 is 11.7 Å². The molecule has 1 aliphatic heterocycles. The Balaban J connectivity index is 2.47. The predicted molar refractivity (Wildman–Crippen MR) is 57.6 cm³/mol. The third-order valence-electron chi connectivity index (χ3n) is 2.94. The number of fused-ring (bicyclic) bond motifs is 1. The zero-order valence-corrected chi connectivity index (χ0v) is 9.12. The lowest BCUT2D eigenvalue weighted by molar-refractivity contribution is -0.138. The van der Waals surface area contributed by atoms with E-state index in [1.54, 1.807) is 6.07 Å². The number of rotatable bonds is 0. The molecule has 0 aromatic heterocycles. The van der Waals surface area contributed by atoms with E-state index in [1.807, 2.05) is 0 Å². The van der Waals surface area contributed by atoms with Gasteiger partial charge < -0.3 is 5.32 Å². The van der Waals surface area contributed by atoms with E-state index in [0.29, 0.717) is 11.3 Å². The second-order valence-corrected chi connectivity index (χ2v) is 4.21. The molecule has 16 heavy (non-hydrogen) atoms. The highest BCUT2D eigenvalue weighted by Gasteiger charge is 2.33. The molecule has 0 atom stereocenters. The van der Waals surface area contributed by atoms with Crippen molar-refractivity contribution in [2.24, 2.45) is 0 Å². The van der Waals surface area contributed by atoms with Crippen LogP contribution in [0.2, 0.25) is 0 Å². The van der Waals surface area contributed by atoms with Gasteiger partial charge >= 0.3 is 6.18 Å². The number of benzene rings is 1. The van der Waals surface area contributed by atoms with Crippen LogP contribution in [-0.4, -0.2) is 6.54 Å². The Morgan fingerprint density at radius 1 is 1.19 bits per heavy atom. The predicted octanol–water partition coefficient (Wildman–Crippen LogP) is 3.76. The van der Waals surface area contributed by atoms with Crippen LogP contribution in [0.15, 0.2) is 12.1 Å². The average molecular weight is 229 g/mol. The maximum atomic E-state index is 12.7. The van der Waals surface area contributed by atoms with Gasteiger partial charge in [-0.25, -0.2) is 0 Å². The summed E-state index contributed by atoms with van der Waals surface area (Å²) in [6.07, 6.45) is -1.35. The van der Waals surface area contributed by atoms with Crippen LogP contribution in [0.5, 0.6) is 0 Å². The van der Waals surface area contributed by atoms with Gasteiger partial charge in [-0.1, -0.05) is 6.07 Å². The first-order valence-electron chi connectivity index (χ1n) is 5.43.